The molecule has 0 fully saturated rings. The molecule has 0 saturated carbocycles. The monoisotopic (exact) mass is 728 g/mol. The summed E-state index contributed by atoms with van der Waals surface area (Å²) in [5.74, 6) is 0. The maximum atomic E-state index is 2.51. The molecule has 9 aromatic carbocycles. The van der Waals surface area contributed by atoms with Crippen molar-refractivity contribution in [3.63, 3.8) is 0 Å². The number of rotatable bonds is 6. The Bertz CT molecular complexity index is 3160. The zero-order valence-electron chi connectivity index (χ0n) is 32.0. The van der Waals surface area contributed by atoms with Crippen LogP contribution in [0.3, 0.4) is 0 Å². The quantitative estimate of drug-likeness (QED) is 0.165. The Kier molecular flexibility index (Phi) is 7.55. The van der Waals surface area contributed by atoms with E-state index in [0.29, 0.717) is 0 Å². The molecular weight excluding hydrogens is 689 g/mol. The van der Waals surface area contributed by atoms with Gasteiger partial charge >= 0.3 is 0 Å². The molecule has 0 saturated heterocycles. The Morgan fingerprint density at radius 3 is 1.91 bits per heavy atom. The van der Waals surface area contributed by atoms with Crippen molar-refractivity contribution in [1.29, 1.82) is 0 Å². The molecule has 2 heteroatoms. The van der Waals surface area contributed by atoms with Gasteiger partial charge in [-0.3, -0.25) is 0 Å². The molecule has 1 aromatic heterocycles. The van der Waals surface area contributed by atoms with E-state index in [2.05, 4.69) is 230 Å². The van der Waals surface area contributed by atoms with Gasteiger partial charge in [-0.2, -0.15) is 0 Å². The van der Waals surface area contributed by atoms with E-state index in [9.17, 15) is 0 Å². The van der Waals surface area contributed by atoms with Crippen molar-refractivity contribution >= 4 is 49.6 Å². The minimum atomic E-state index is -0.103. The van der Waals surface area contributed by atoms with Crippen LogP contribution in [0.4, 0.5) is 17.1 Å². The van der Waals surface area contributed by atoms with E-state index in [-0.39, 0.29) is 5.41 Å². The van der Waals surface area contributed by atoms with Crippen LogP contribution in [-0.4, -0.2) is 4.57 Å². The molecule has 2 nitrogen and oxygen atoms in total. The highest BCUT2D eigenvalue weighted by Crippen LogP contribution is 2.54. The normalized spacial score (nSPS) is 12.9. The van der Waals surface area contributed by atoms with Gasteiger partial charge in [0.15, 0.2) is 0 Å². The highest BCUT2D eigenvalue weighted by atomic mass is 15.2. The Labute approximate surface area is 333 Å². The molecule has 1 aliphatic carbocycles. The van der Waals surface area contributed by atoms with E-state index in [0.717, 1.165) is 22.7 Å². The van der Waals surface area contributed by atoms with Gasteiger partial charge in [-0.25, -0.2) is 0 Å². The molecule has 0 atom stereocenters. The molecule has 0 amide bonds. The van der Waals surface area contributed by atoms with Crippen molar-refractivity contribution in [3.8, 4) is 39.1 Å². The van der Waals surface area contributed by atoms with Crippen molar-refractivity contribution in [3.05, 3.63) is 217 Å². The summed E-state index contributed by atoms with van der Waals surface area (Å²) in [4.78, 5) is 2.51. The third-order valence-electron chi connectivity index (χ3n) is 12.2. The lowest BCUT2D eigenvalue weighted by Gasteiger charge is -2.30. The van der Waals surface area contributed by atoms with Crippen LogP contribution in [0.2, 0.25) is 0 Å². The second kappa shape index (κ2) is 13.0. The van der Waals surface area contributed by atoms with E-state index in [1.165, 1.54) is 77.1 Å². The molecular formula is C55H40N2. The number of nitrogens with zero attached hydrogens (tertiary/aromatic N) is 2. The fourth-order valence-electron chi connectivity index (χ4n) is 9.61. The summed E-state index contributed by atoms with van der Waals surface area (Å²) in [6, 6.07) is 75.7. The first-order chi connectivity index (χ1) is 28.1. The van der Waals surface area contributed by atoms with Crippen LogP contribution in [-0.2, 0) is 5.41 Å². The lowest BCUT2D eigenvalue weighted by molar-refractivity contribution is 0.660. The topological polar surface area (TPSA) is 8.17 Å². The van der Waals surface area contributed by atoms with E-state index in [1.54, 1.807) is 0 Å². The van der Waals surface area contributed by atoms with Crippen LogP contribution in [0.1, 0.15) is 25.0 Å². The molecule has 57 heavy (non-hydrogen) atoms. The maximum Gasteiger partial charge on any atom is 0.0562 e. The van der Waals surface area contributed by atoms with Crippen molar-refractivity contribution in [1.82, 2.24) is 4.57 Å². The Morgan fingerprint density at radius 2 is 1.02 bits per heavy atom. The predicted octanol–water partition coefficient (Wildman–Crippen LogP) is 15.0. The lowest BCUT2D eigenvalue weighted by Crippen LogP contribution is -2.15. The van der Waals surface area contributed by atoms with Crippen LogP contribution >= 0.6 is 0 Å². The second-order valence-electron chi connectivity index (χ2n) is 15.7. The summed E-state index contributed by atoms with van der Waals surface area (Å²) >= 11 is 0. The van der Waals surface area contributed by atoms with E-state index in [4.69, 9.17) is 0 Å². The second-order valence-corrected chi connectivity index (χ2v) is 15.7. The fraction of sp³-hybridized carbons (Fsp3) is 0.0545. The van der Waals surface area contributed by atoms with Crippen LogP contribution in [0.5, 0.6) is 0 Å². The van der Waals surface area contributed by atoms with Crippen molar-refractivity contribution in [2.75, 3.05) is 4.90 Å². The smallest absolute Gasteiger partial charge is 0.0562 e. The SMILES string of the molecule is CC1(C)c2ccccc2-c2c(-c3ccccc3N(c3cccc(-c4cccc5ccccc45)c3)c3cccc4c3c3ccccc3n4-c3ccccc3)cccc21. The van der Waals surface area contributed by atoms with Crippen LogP contribution in [0.25, 0.3) is 71.6 Å². The van der Waals surface area contributed by atoms with Crippen LogP contribution < -0.4 is 4.90 Å². The number of anilines is 3. The van der Waals surface area contributed by atoms with Gasteiger partial charge < -0.3 is 9.47 Å². The first kappa shape index (κ1) is 33.2. The molecule has 10 aromatic rings. The summed E-state index contributed by atoms with van der Waals surface area (Å²) in [5, 5.41) is 4.92. The summed E-state index contributed by atoms with van der Waals surface area (Å²) in [5.41, 5.74) is 17.0. The molecule has 0 spiro atoms. The number of hydrogen-bond acceptors (Lipinski definition) is 1. The molecule has 270 valence electrons. The van der Waals surface area contributed by atoms with Gasteiger partial charge in [-0.1, -0.05) is 172 Å². The molecule has 0 unspecified atom stereocenters. The third kappa shape index (κ3) is 5.11. The van der Waals surface area contributed by atoms with Gasteiger partial charge in [0.1, 0.15) is 0 Å². The number of fused-ring (bicyclic) bond motifs is 7. The minimum absolute atomic E-state index is 0.103. The van der Waals surface area contributed by atoms with Crippen LogP contribution in [0.15, 0.2) is 206 Å². The number of aromatic nitrogens is 1. The molecule has 11 rings (SSSR count). The van der Waals surface area contributed by atoms with E-state index >= 15 is 0 Å². The number of hydrogen-bond donors (Lipinski definition) is 0. The third-order valence-corrected chi connectivity index (χ3v) is 12.2. The van der Waals surface area contributed by atoms with Crippen molar-refractivity contribution in [2.45, 2.75) is 19.3 Å². The molecule has 0 N–H and O–H groups in total. The van der Waals surface area contributed by atoms with E-state index in [1.807, 2.05) is 0 Å². The highest BCUT2D eigenvalue weighted by molar-refractivity contribution is 6.17. The van der Waals surface area contributed by atoms with Crippen molar-refractivity contribution in [2.24, 2.45) is 0 Å². The van der Waals surface area contributed by atoms with Gasteiger partial charge in [0.05, 0.1) is 22.4 Å². The minimum Gasteiger partial charge on any atom is -0.309 e. The summed E-state index contributed by atoms with van der Waals surface area (Å²) in [6.45, 7) is 4.73. The Morgan fingerprint density at radius 1 is 0.421 bits per heavy atom. The molecule has 0 bridgehead atoms. The summed E-state index contributed by atoms with van der Waals surface area (Å²) < 4.78 is 2.41. The van der Waals surface area contributed by atoms with Gasteiger partial charge in [0.2, 0.25) is 0 Å². The van der Waals surface area contributed by atoms with E-state index < -0.39 is 0 Å². The first-order valence-electron chi connectivity index (χ1n) is 19.9. The van der Waals surface area contributed by atoms with Gasteiger partial charge in [-0.15, -0.1) is 0 Å². The zero-order valence-corrected chi connectivity index (χ0v) is 32.0. The van der Waals surface area contributed by atoms with Gasteiger partial charge in [0.25, 0.3) is 0 Å². The zero-order chi connectivity index (χ0) is 38.1. The van der Waals surface area contributed by atoms with Crippen LogP contribution in [0, 0.1) is 0 Å². The standard InChI is InChI=1S/C55H40N2/c1-55(2)47-30-11-8-26-45(47)53-44(29-16-31-48(53)55)43-25-9-12-32-49(43)57(40-23-14-20-38(36-40)42-28-15-19-37-18-6-7-24-41(37)42)52-35-17-34-51-54(52)46-27-10-13-33-50(46)56(51)39-21-4-3-5-22-39/h3-36H,1-2H3. The first-order valence-corrected chi connectivity index (χ1v) is 19.9. The highest BCUT2D eigenvalue weighted by Gasteiger charge is 2.37. The fourth-order valence-corrected chi connectivity index (χ4v) is 9.61. The Hall–Kier alpha value is -7.16. The average molecular weight is 729 g/mol. The molecule has 1 heterocycles. The summed E-state index contributed by atoms with van der Waals surface area (Å²) in [7, 11) is 0. The van der Waals surface area contributed by atoms with Gasteiger partial charge in [0, 0.05) is 33.1 Å². The predicted molar refractivity (Wildman–Crippen MR) is 241 cm³/mol. The average Bonchev–Trinajstić information content (AvgIpc) is 3.73. The summed E-state index contributed by atoms with van der Waals surface area (Å²) in [6.07, 6.45) is 0. The number of para-hydroxylation sites is 3. The largest absolute Gasteiger partial charge is 0.309 e. The molecule has 1 aliphatic rings. The maximum absolute atomic E-state index is 2.51. The molecule has 0 radical (unpaired) electrons. The lowest BCUT2D eigenvalue weighted by atomic mass is 9.82. The molecule has 0 aliphatic heterocycles. The number of benzene rings is 9. The Balaban J connectivity index is 1.22. The van der Waals surface area contributed by atoms with Crippen molar-refractivity contribution < 1.29 is 0 Å². The van der Waals surface area contributed by atoms with Gasteiger partial charge in [-0.05, 0) is 98.2 Å².